The second kappa shape index (κ2) is 9.09. The summed E-state index contributed by atoms with van der Waals surface area (Å²) >= 11 is 2.15. The minimum absolute atomic E-state index is 0.00319. The van der Waals surface area contributed by atoms with Gasteiger partial charge in [0.05, 0.1) is 13.0 Å². The predicted octanol–water partition coefficient (Wildman–Crippen LogP) is 2.53. The maximum atomic E-state index is 13.0. The molecular weight excluding hydrogens is 503 g/mol. The van der Waals surface area contributed by atoms with Crippen molar-refractivity contribution in [3.05, 3.63) is 31.4 Å². The van der Waals surface area contributed by atoms with Crippen LogP contribution in [0.1, 0.15) is 53.7 Å². The fourth-order valence-corrected chi connectivity index (χ4v) is 5.47. The minimum atomic E-state index is -1.38. The molecule has 8 nitrogen and oxygen atoms in total. The molecule has 164 valence electrons. The summed E-state index contributed by atoms with van der Waals surface area (Å²) in [6.07, 6.45) is -0.836. The van der Waals surface area contributed by atoms with Gasteiger partial charge in [-0.1, -0.05) is 0 Å². The average Bonchev–Trinajstić information content (AvgIpc) is 2.72. The molecular formula is C21H27IN2O6. The normalized spacial score (nSPS) is 18.2. The summed E-state index contributed by atoms with van der Waals surface area (Å²) in [5, 5.41) is 19.7. The summed E-state index contributed by atoms with van der Waals surface area (Å²) in [7, 11) is 0. The molecule has 1 fully saturated rings. The molecule has 2 amide bonds. The second-order valence-electron chi connectivity index (χ2n) is 7.79. The molecule has 1 atom stereocenters. The lowest BCUT2D eigenvalue weighted by molar-refractivity contribution is -0.153. The zero-order chi connectivity index (χ0) is 22.2. The van der Waals surface area contributed by atoms with Gasteiger partial charge < -0.3 is 24.7 Å². The maximum Gasteiger partial charge on any atom is 0.407 e. The van der Waals surface area contributed by atoms with Crippen LogP contribution in [-0.4, -0.2) is 63.7 Å². The molecule has 2 heterocycles. The molecule has 0 bridgehead atoms. The Bertz CT molecular complexity index is 879. The minimum Gasteiger partial charge on any atom is -0.465 e. The van der Waals surface area contributed by atoms with Crippen molar-refractivity contribution in [2.75, 3.05) is 19.7 Å². The van der Waals surface area contributed by atoms with E-state index in [0.717, 1.165) is 25.8 Å². The molecule has 2 aliphatic rings. The number of hydrogen-bond acceptors (Lipinski definition) is 5. The third-order valence-electron chi connectivity index (χ3n) is 6.18. The van der Waals surface area contributed by atoms with Crippen LogP contribution in [0.5, 0.6) is 0 Å². The highest BCUT2D eigenvalue weighted by Gasteiger charge is 2.36. The van der Waals surface area contributed by atoms with E-state index in [1.165, 1.54) is 4.90 Å². The first-order chi connectivity index (χ1) is 14.2. The fraction of sp³-hybridized carbons (Fsp3) is 0.571. The van der Waals surface area contributed by atoms with Gasteiger partial charge in [-0.3, -0.25) is 4.79 Å². The summed E-state index contributed by atoms with van der Waals surface area (Å²) in [6, 6.07) is 0.0171. The van der Waals surface area contributed by atoms with Crippen molar-refractivity contribution in [3.8, 4) is 0 Å². The van der Waals surface area contributed by atoms with E-state index in [-0.39, 0.29) is 25.0 Å². The second-order valence-corrected chi connectivity index (χ2v) is 8.87. The summed E-state index contributed by atoms with van der Waals surface area (Å²) in [4.78, 5) is 39.5. The van der Waals surface area contributed by atoms with E-state index in [4.69, 9.17) is 9.84 Å². The number of benzene rings is 1. The van der Waals surface area contributed by atoms with Crippen molar-refractivity contribution in [2.45, 2.75) is 58.7 Å². The zero-order valence-corrected chi connectivity index (χ0v) is 19.6. The number of amides is 2. The highest BCUT2D eigenvalue weighted by Crippen LogP contribution is 2.37. The van der Waals surface area contributed by atoms with Crippen LogP contribution in [0.15, 0.2) is 0 Å². The molecule has 0 unspecified atom stereocenters. The molecule has 1 aromatic rings. The largest absolute Gasteiger partial charge is 0.465 e. The molecule has 0 radical (unpaired) electrons. The van der Waals surface area contributed by atoms with Crippen molar-refractivity contribution in [2.24, 2.45) is 0 Å². The van der Waals surface area contributed by atoms with E-state index in [1.54, 1.807) is 6.92 Å². The van der Waals surface area contributed by atoms with Crippen LogP contribution in [0, 0.1) is 17.4 Å². The first-order valence-corrected chi connectivity index (χ1v) is 11.2. The molecule has 3 rings (SSSR count). The van der Waals surface area contributed by atoms with Crippen molar-refractivity contribution in [1.82, 2.24) is 9.80 Å². The highest BCUT2D eigenvalue weighted by molar-refractivity contribution is 14.1. The molecule has 0 spiro atoms. The molecule has 2 N–H and O–H groups in total. The number of nitrogens with zero attached hydrogens (tertiary/aromatic N) is 2. The molecule has 30 heavy (non-hydrogen) atoms. The van der Waals surface area contributed by atoms with Crippen molar-refractivity contribution >= 4 is 40.6 Å². The topological polar surface area (TPSA) is 107 Å². The van der Waals surface area contributed by atoms with Crippen LogP contribution in [0.4, 0.5) is 4.79 Å². The number of carbonyl (C=O) groups is 3. The standard InChI is InChI=1S/C21H27IN2O6/c1-4-30-20(27)19(26)17-11(2)14-9-16(25)24(10-15(14)12(3)18(17)22)13-5-7-23(8-6-13)21(28)29/h13,19,26H,4-10H2,1-3H3,(H,28,29)/t19-/m0/s1. The number of fused-ring (bicyclic) bond motifs is 1. The molecule has 0 saturated carbocycles. The SMILES string of the molecule is CCOC(=O)[C@@H](O)c1c(C)c2c(c(C)c1I)CN(C1CCN(C(=O)O)CC1)C(=O)C2. The lowest BCUT2D eigenvalue weighted by Gasteiger charge is -2.41. The van der Waals surface area contributed by atoms with Crippen LogP contribution in [0.2, 0.25) is 0 Å². The molecule has 0 aliphatic carbocycles. The Hall–Kier alpha value is -1.88. The Morgan fingerprint density at radius 2 is 1.83 bits per heavy atom. The van der Waals surface area contributed by atoms with Gasteiger partial charge in [0.25, 0.3) is 0 Å². The van der Waals surface area contributed by atoms with Crippen LogP contribution in [-0.2, 0) is 27.3 Å². The third-order valence-corrected chi connectivity index (χ3v) is 7.57. The zero-order valence-electron chi connectivity index (χ0n) is 17.4. The smallest absolute Gasteiger partial charge is 0.407 e. The van der Waals surface area contributed by atoms with Crippen molar-refractivity contribution < 1.29 is 29.3 Å². The first-order valence-electron chi connectivity index (χ1n) is 10.1. The number of likely N-dealkylation sites (tertiary alicyclic amines) is 1. The van der Waals surface area contributed by atoms with Gasteiger partial charge in [-0.05, 0) is 78.5 Å². The quantitative estimate of drug-likeness (QED) is 0.458. The highest BCUT2D eigenvalue weighted by atomic mass is 127. The number of ether oxygens (including phenoxy) is 1. The van der Waals surface area contributed by atoms with Gasteiger partial charge in [0.2, 0.25) is 5.91 Å². The van der Waals surface area contributed by atoms with E-state index in [2.05, 4.69) is 22.6 Å². The summed E-state index contributed by atoms with van der Waals surface area (Å²) in [6.45, 7) is 6.98. The van der Waals surface area contributed by atoms with Crippen LogP contribution >= 0.6 is 22.6 Å². The maximum absolute atomic E-state index is 13.0. The van der Waals surface area contributed by atoms with E-state index < -0.39 is 18.2 Å². The lowest BCUT2D eigenvalue weighted by Crippen LogP contribution is -2.50. The number of esters is 1. The van der Waals surface area contributed by atoms with E-state index >= 15 is 0 Å². The Kier molecular flexibility index (Phi) is 6.91. The van der Waals surface area contributed by atoms with Crippen LogP contribution in [0.25, 0.3) is 0 Å². The number of aliphatic hydroxyl groups is 1. The van der Waals surface area contributed by atoms with E-state index in [9.17, 15) is 19.5 Å². The summed E-state index contributed by atoms with van der Waals surface area (Å²) in [5.74, 6) is -0.691. The van der Waals surface area contributed by atoms with Gasteiger partial charge in [-0.2, -0.15) is 0 Å². The number of carboxylic acid groups (broad SMARTS) is 1. The lowest BCUT2D eigenvalue weighted by atomic mass is 9.85. The Labute approximate surface area is 189 Å². The Morgan fingerprint density at radius 1 is 1.20 bits per heavy atom. The van der Waals surface area contributed by atoms with Gasteiger partial charge in [0, 0.05) is 34.8 Å². The Morgan fingerprint density at radius 3 is 2.40 bits per heavy atom. The van der Waals surface area contributed by atoms with Crippen LogP contribution < -0.4 is 0 Å². The summed E-state index contributed by atoms with van der Waals surface area (Å²) in [5.41, 5.74) is 4.15. The molecule has 2 aliphatic heterocycles. The Balaban J connectivity index is 1.90. The van der Waals surface area contributed by atoms with Gasteiger partial charge >= 0.3 is 12.1 Å². The van der Waals surface area contributed by atoms with Gasteiger partial charge in [0.1, 0.15) is 0 Å². The number of piperidine rings is 1. The fourth-order valence-electron chi connectivity index (χ4n) is 4.44. The number of rotatable bonds is 4. The molecule has 9 heteroatoms. The third kappa shape index (κ3) is 4.14. The molecule has 1 aromatic carbocycles. The number of halogens is 1. The van der Waals surface area contributed by atoms with Gasteiger partial charge in [-0.25, -0.2) is 9.59 Å². The van der Waals surface area contributed by atoms with Gasteiger partial charge in [-0.15, -0.1) is 0 Å². The van der Waals surface area contributed by atoms with Crippen molar-refractivity contribution in [3.63, 3.8) is 0 Å². The monoisotopic (exact) mass is 530 g/mol. The molecule has 1 saturated heterocycles. The average molecular weight is 530 g/mol. The van der Waals surface area contributed by atoms with Crippen molar-refractivity contribution in [1.29, 1.82) is 0 Å². The number of carbonyl (C=O) groups excluding carboxylic acids is 2. The predicted molar refractivity (Wildman–Crippen MR) is 117 cm³/mol. The number of aliphatic hydroxyl groups excluding tert-OH is 1. The molecule has 0 aromatic heterocycles. The number of hydrogen-bond donors (Lipinski definition) is 2. The van der Waals surface area contributed by atoms with E-state index in [1.807, 2.05) is 18.7 Å². The van der Waals surface area contributed by atoms with Crippen LogP contribution in [0.3, 0.4) is 0 Å². The van der Waals surface area contributed by atoms with E-state index in [0.29, 0.717) is 38.0 Å². The summed E-state index contributed by atoms with van der Waals surface area (Å²) < 4.78 is 5.79. The first kappa shape index (κ1) is 22.8. The van der Waals surface area contributed by atoms with Gasteiger partial charge in [0.15, 0.2) is 6.10 Å².